The Balaban J connectivity index is 2.31. The standard InChI is InChI=1S/C26H33BrN2O3Si/c1-21(26(31)28(20-25(30)32-2)16-11-17-33(3,4)5)29(18-22-12-7-6-8-13-22)19-23-14-9-10-15-24(23)27/h6-10,12-15,21H,16,18-20H2,1-5H3/t21-/m0/s1. The van der Waals surface area contributed by atoms with Crippen LogP contribution in [0, 0.1) is 11.5 Å². The number of carbonyl (C=O) groups is 2. The summed E-state index contributed by atoms with van der Waals surface area (Å²) in [6.07, 6.45) is 0. The molecule has 0 radical (unpaired) electrons. The van der Waals surface area contributed by atoms with Gasteiger partial charge in [0.15, 0.2) is 0 Å². The van der Waals surface area contributed by atoms with Crippen molar-refractivity contribution < 1.29 is 14.3 Å². The summed E-state index contributed by atoms with van der Waals surface area (Å²) in [5.74, 6) is 2.52. The second kappa shape index (κ2) is 12.7. The summed E-state index contributed by atoms with van der Waals surface area (Å²) in [5.41, 5.74) is 5.48. The number of ether oxygens (including phenoxy) is 1. The van der Waals surface area contributed by atoms with E-state index in [-0.39, 0.29) is 19.0 Å². The summed E-state index contributed by atoms with van der Waals surface area (Å²) in [4.78, 5) is 29.2. The average molecular weight is 530 g/mol. The first-order chi connectivity index (χ1) is 15.6. The number of halogens is 1. The fourth-order valence-corrected chi connectivity index (χ4v) is 4.27. The van der Waals surface area contributed by atoms with Gasteiger partial charge in [0.2, 0.25) is 5.91 Å². The highest BCUT2D eigenvalue weighted by molar-refractivity contribution is 9.10. The summed E-state index contributed by atoms with van der Waals surface area (Å²) in [5, 5.41) is 0. The molecule has 0 saturated heterocycles. The monoisotopic (exact) mass is 528 g/mol. The Kier molecular flexibility index (Phi) is 10.4. The Hall–Kier alpha value is -2.40. The summed E-state index contributed by atoms with van der Waals surface area (Å²) in [7, 11) is -0.265. The van der Waals surface area contributed by atoms with E-state index in [0.717, 1.165) is 15.6 Å². The van der Waals surface area contributed by atoms with Gasteiger partial charge in [0.1, 0.15) is 14.6 Å². The van der Waals surface area contributed by atoms with Crippen LogP contribution in [0.3, 0.4) is 0 Å². The van der Waals surface area contributed by atoms with Crippen molar-refractivity contribution in [3.8, 4) is 11.5 Å². The van der Waals surface area contributed by atoms with Gasteiger partial charge in [-0.2, -0.15) is 0 Å². The first-order valence-corrected chi connectivity index (χ1v) is 15.3. The fourth-order valence-electron chi connectivity index (χ4n) is 3.25. The summed E-state index contributed by atoms with van der Waals surface area (Å²) in [6, 6.07) is 17.6. The zero-order chi connectivity index (χ0) is 24.4. The van der Waals surface area contributed by atoms with E-state index in [1.54, 1.807) is 0 Å². The molecule has 2 rings (SSSR count). The molecule has 0 unspecified atom stereocenters. The van der Waals surface area contributed by atoms with Crippen molar-refractivity contribution in [2.75, 3.05) is 20.2 Å². The first-order valence-electron chi connectivity index (χ1n) is 11.0. The van der Waals surface area contributed by atoms with Crippen molar-refractivity contribution in [1.29, 1.82) is 0 Å². The number of hydrogen-bond acceptors (Lipinski definition) is 4. The minimum absolute atomic E-state index is 0.117. The maximum absolute atomic E-state index is 13.6. The number of carbonyl (C=O) groups excluding carboxylic acids is 2. The Labute approximate surface area is 207 Å². The normalized spacial score (nSPS) is 12.0. The largest absolute Gasteiger partial charge is 0.468 e. The van der Waals surface area contributed by atoms with Crippen LogP contribution in [0.4, 0.5) is 0 Å². The maximum Gasteiger partial charge on any atom is 0.325 e. The van der Waals surface area contributed by atoms with Crippen LogP contribution < -0.4 is 0 Å². The molecular weight excluding hydrogens is 496 g/mol. The summed E-state index contributed by atoms with van der Waals surface area (Å²) in [6.45, 7) is 9.60. The molecule has 2 aromatic rings. The third-order valence-electron chi connectivity index (χ3n) is 5.06. The van der Waals surface area contributed by atoms with Crippen LogP contribution >= 0.6 is 15.9 Å². The highest BCUT2D eigenvalue weighted by Crippen LogP contribution is 2.21. The Morgan fingerprint density at radius 1 is 1.03 bits per heavy atom. The zero-order valence-corrected chi connectivity index (χ0v) is 22.7. The molecule has 0 saturated carbocycles. The van der Waals surface area contributed by atoms with Crippen molar-refractivity contribution in [3.63, 3.8) is 0 Å². The lowest BCUT2D eigenvalue weighted by Gasteiger charge is -2.32. The molecule has 0 aromatic heterocycles. The molecule has 0 aliphatic heterocycles. The minimum Gasteiger partial charge on any atom is -0.468 e. The van der Waals surface area contributed by atoms with Gasteiger partial charge in [0.05, 0.1) is 19.7 Å². The Morgan fingerprint density at radius 2 is 1.67 bits per heavy atom. The van der Waals surface area contributed by atoms with Crippen molar-refractivity contribution in [2.45, 2.75) is 45.7 Å². The molecule has 7 heteroatoms. The van der Waals surface area contributed by atoms with Gasteiger partial charge < -0.3 is 9.64 Å². The molecule has 0 bridgehead atoms. The van der Waals surface area contributed by atoms with E-state index in [1.165, 1.54) is 12.0 Å². The van der Waals surface area contributed by atoms with E-state index < -0.39 is 20.1 Å². The number of esters is 1. The Bertz CT molecular complexity index is 996. The van der Waals surface area contributed by atoms with Crippen molar-refractivity contribution >= 4 is 35.9 Å². The van der Waals surface area contributed by atoms with Crippen LogP contribution in [0.2, 0.25) is 19.6 Å². The molecule has 176 valence electrons. The third kappa shape index (κ3) is 9.16. The lowest BCUT2D eigenvalue weighted by Crippen LogP contribution is -2.48. The second-order valence-electron chi connectivity index (χ2n) is 8.98. The van der Waals surface area contributed by atoms with Gasteiger partial charge in [-0.25, -0.2) is 0 Å². The topological polar surface area (TPSA) is 49.9 Å². The van der Waals surface area contributed by atoms with E-state index in [2.05, 4.69) is 64.1 Å². The lowest BCUT2D eigenvalue weighted by atomic mass is 10.1. The number of hydrogen-bond donors (Lipinski definition) is 0. The van der Waals surface area contributed by atoms with Crippen LogP contribution in [0.25, 0.3) is 0 Å². The van der Waals surface area contributed by atoms with Gasteiger partial charge in [-0.05, 0) is 24.1 Å². The molecule has 1 amide bonds. The van der Waals surface area contributed by atoms with Gasteiger partial charge in [0, 0.05) is 17.6 Å². The maximum atomic E-state index is 13.6. The van der Waals surface area contributed by atoms with Crippen LogP contribution in [0.5, 0.6) is 0 Å². The van der Waals surface area contributed by atoms with Crippen molar-refractivity contribution in [3.05, 3.63) is 70.2 Å². The van der Waals surface area contributed by atoms with Gasteiger partial charge in [-0.1, -0.05) is 90.0 Å². The number of amides is 1. The number of rotatable bonds is 9. The zero-order valence-electron chi connectivity index (χ0n) is 20.1. The van der Waals surface area contributed by atoms with E-state index in [4.69, 9.17) is 4.74 Å². The summed E-state index contributed by atoms with van der Waals surface area (Å²) >= 11 is 3.62. The Morgan fingerprint density at radius 3 is 2.27 bits per heavy atom. The van der Waals surface area contributed by atoms with Crippen molar-refractivity contribution in [1.82, 2.24) is 9.80 Å². The number of methoxy groups -OCH3 is 1. The molecule has 0 N–H and O–H groups in total. The molecule has 0 fully saturated rings. The van der Waals surface area contributed by atoms with Crippen LogP contribution in [-0.2, 0) is 27.4 Å². The van der Waals surface area contributed by atoms with E-state index in [9.17, 15) is 9.59 Å². The molecule has 0 aliphatic carbocycles. The number of benzene rings is 2. The first kappa shape index (κ1) is 26.8. The molecule has 1 atom stereocenters. The predicted octanol–water partition coefficient (Wildman–Crippen LogP) is 4.72. The molecular formula is C26H33BrN2O3Si. The van der Waals surface area contributed by atoms with E-state index in [0.29, 0.717) is 13.1 Å². The molecule has 2 aromatic carbocycles. The lowest BCUT2D eigenvalue weighted by molar-refractivity contribution is -0.148. The number of nitrogens with zero attached hydrogens (tertiary/aromatic N) is 2. The predicted molar refractivity (Wildman–Crippen MR) is 139 cm³/mol. The highest BCUT2D eigenvalue weighted by atomic mass is 79.9. The average Bonchev–Trinajstić information content (AvgIpc) is 2.78. The minimum atomic E-state index is -1.60. The van der Waals surface area contributed by atoms with Gasteiger partial charge in [-0.15, -0.1) is 5.54 Å². The SMILES string of the molecule is COC(=O)CN(CC#C[Si](C)(C)C)C(=O)[C@H](C)N(Cc1ccccc1)Cc1ccccc1Br. The smallest absolute Gasteiger partial charge is 0.325 e. The van der Waals surface area contributed by atoms with Gasteiger partial charge in [-0.3, -0.25) is 14.5 Å². The quantitative estimate of drug-likeness (QED) is 0.268. The van der Waals surface area contributed by atoms with Crippen molar-refractivity contribution in [2.24, 2.45) is 0 Å². The second-order valence-corrected chi connectivity index (χ2v) is 14.6. The third-order valence-corrected chi connectivity index (χ3v) is 6.76. The van der Waals surface area contributed by atoms with E-state index >= 15 is 0 Å². The van der Waals surface area contributed by atoms with E-state index in [1.807, 2.05) is 49.4 Å². The molecule has 33 heavy (non-hydrogen) atoms. The van der Waals surface area contributed by atoms with Crippen LogP contribution in [0.1, 0.15) is 18.1 Å². The molecule has 0 aliphatic rings. The molecule has 0 spiro atoms. The fraction of sp³-hybridized carbons (Fsp3) is 0.385. The molecule has 5 nitrogen and oxygen atoms in total. The van der Waals surface area contributed by atoms with Gasteiger partial charge in [0.25, 0.3) is 0 Å². The summed E-state index contributed by atoms with van der Waals surface area (Å²) < 4.78 is 5.83. The highest BCUT2D eigenvalue weighted by Gasteiger charge is 2.28. The van der Waals surface area contributed by atoms with Gasteiger partial charge >= 0.3 is 5.97 Å². The van der Waals surface area contributed by atoms with Crippen LogP contribution in [-0.4, -0.2) is 56.0 Å². The van der Waals surface area contributed by atoms with Crippen LogP contribution in [0.15, 0.2) is 59.1 Å². The molecule has 0 heterocycles.